The summed E-state index contributed by atoms with van der Waals surface area (Å²) in [5.74, 6) is -1.13. The lowest BCUT2D eigenvalue weighted by atomic mass is 10.2. The maximum atomic E-state index is 13.2. The summed E-state index contributed by atoms with van der Waals surface area (Å²) in [4.78, 5) is 4.08. The van der Waals surface area contributed by atoms with Crippen molar-refractivity contribution in [1.29, 1.82) is 0 Å². The number of benzene rings is 2. The van der Waals surface area contributed by atoms with Crippen LogP contribution in [-0.4, -0.2) is 15.2 Å². The largest absolute Gasteiger partial charge is 0.507 e. The van der Waals surface area contributed by atoms with Gasteiger partial charge in [-0.05, 0) is 52.9 Å². The molecule has 0 atom stereocenters. The van der Waals surface area contributed by atoms with E-state index in [4.69, 9.17) is 4.52 Å². The topological polar surface area (TPSA) is 59.2 Å². The number of nitrogens with zero attached hydrogens (tertiary/aromatic N) is 2. The van der Waals surface area contributed by atoms with Crippen LogP contribution in [0.3, 0.4) is 0 Å². The van der Waals surface area contributed by atoms with E-state index in [0.717, 1.165) is 18.2 Å². The molecule has 0 aliphatic heterocycles. The van der Waals surface area contributed by atoms with Gasteiger partial charge in [0.2, 0.25) is 5.82 Å². The first-order chi connectivity index (χ1) is 10.0. The predicted molar refractivity (Wildman–Crippen MR) is 79.5 cm³/mol. The van der Waals surface area contributed by atoms with Crippen molar-refractivity contribution in [2.24, 2.45) is 0 Å². The number of hydrogen-bond acceptors (Lipinski definition) is 4. The normalized spacial score (nSPS) is 10.8. The fourth-order valence-corrected chi connectivity index (χ4v) is 2.12. The highest BCUT2D eigenvalue weighted by Crippen LogP contribution is 2.28. The van der Waals surface area contributed by atoms with E-state index in [2.05, 4.69) is 10.1 Å². The fraction of sp³-hybridized carbons (Fsp3) is 0. The quantitative estimate of drug-likeness (QED) is 0.661. The molecule has 7 heteroatoms. The van der Waals surface area contributed by atoms with Crippen molar-refractivity contribution >= 4 is 22.6 Å². The molecule has 1 N–H and O–H groups in total. The van der Waals surface area contributed by atoms with Crippen LogP contribution < -0.4 is 0 Å². The second-order valence-electron chi connectivity index (χ2n) is 4.25. The van der Waals surface area contributed by atoms with Crippen molar-refractivity contribution in [2.75, 3.05) is 0 Å². The molecule has 1 aromatic heterocycles. The number of hydrogen-bond donors (Lipinski definition) is 1. The Bertz CT molecular complexity index is 800. The van der Waals surface area contributed by atoms with Gasteiger partial charge in [0.05, 0.1) is 3.57 Å². The van der Waals surface area contributed by atoms with Gasteiger partial charge in [0, 0.05) is 17.2 Å². The van der Waals surface area contributed by atoms with E-state index in [1.165, 1.54) is 6.07 Å². The third-order valence-electron chi connectivity index (χ3n) is 2.74. The summed E-state index contributed by atoms with van der Waals surface area (Å²) in [6.07, 6.45) is 0. The molecule has 0 unspecified atom stereocenters. The van der Waals surface area contributed by atoms with E-state index in [9.17, 15) is 13.9 Å². The molecule has 3 aromatic rings. The number of rotatable bonds is 2. The summed E-state index contributed by atoms with van der Waals surface area (Å²) >= 11 is 1.98. The number of halogens is 3. The summed E-state index contributed by atoms with van der Waals surface area (Å²) in [5.41, 5.74) is 0.695. The smallest absolute Gasteiger partial charge is 0.258 e. The molecule has 0 saturated carbocycles. The van der Waals surface area contributed by atoms with Crippen molar-refractivity contribution in [3.63, 3.8) is 0 Å². The molecule has 0 bridgehead atoms. The van der Waals surface area contributed by atoms with Gasteiger partial charge in [-0.15, -0.1) is 0 Å². The predicted octanol–water partition coefficient (Wildman–Crippen LogP) is 3.99. The Morgan fingerprint density at radius 1 is 1.00 bits per heavy atom. The SMILES string of the molecule is Oc1cc(-c2nc(-c3cc(F)cc(F)c3)no2)ccc1I. The Kier molecular flexibility index (Phi) is 3.58. The molecular formula is C14H7F2IN2O2. The highest BCUT2D eigenvalue weighted by molar-refractivity contribution is 14.1. The lowest BCUT2D eigenvalue weighted by Crippen LogP contribution is -1.86. The van der Waals surface area contributed by atoms with E-state index in [-0.39, 0.29) is 23.0 Å². The van der Waals surface area contributed by atoms with E-state index in [1.807, 2.05) is 22.6 Å². The zero-order valence-electron chi connectivity index (χ0n) is 10.3. The number of aromatic hydroxyl groups is 1. The minimum absolute atomic E-state index is 0.0708. The van der Waals surface area contributed by atoms with Crippen LogP contribution in [0, 0.1) is 15.2 Å². The Labute approximate surface area is 131 Å². The summed E-state index contributed by atoms with van der Waals surface area (Å²) in [6.45, 7) is 0. The van der Waals surface area contributed by atoms with Gasteiger partial charge in [0.15, 0.2) is 0 Å². The summed E-state index contributed by atoms with van der Waals surface area (Å²) in [5, 5.41) is 13.4. The molecule has 0 saturated heterocycles. The lowest BCUT2D eigenvalue weighted by molar-refractivity contribution is 0.431. The standard InChI is InChI=1S/C14H7F2IN2O2/c15-9-3-8(4-10(16)6-9)13-18-14(21-19-13)7-1-2-11(17)12(20)5-7/h1-6,20H. The fourth-order valence-electron chi connectivity index (χ4n) is 1.79. The molecule has 0 radical (unpaired) electrons. The molecule has 21 heavy (non-hydrogen) atoms. The average molecular weight is 400 g/mol. The van der Waals surface area contributed by atoms with Crippen molar-refractivity contribution in [1.82, 2.24) is 10.1 Å². The van der Waals surface area contributed by atoms with Crippen LogP contribution in [0.5, 0.6) is 5.75 Å². The number of aromatic nitrogens is 2. The van der Waals surface area contributed by atoms with Gasteiger partial charge in [-0.25, -0.2) is 8.78 Å². The van der Waals surface area contributed by atoms with E-state index in [0.29, 0.717) is 9.13 Å². The average Bonchev–Trinajstić information content (AvgIpc) is 2.90. The minimum atomic E-state index is -0.719. The van der Waals surface area contributed by atoms with Gasteiger partial charge in [0.25, 0.3) is 5.89 Å². The van der Waals surface area contributed by atoms with Crippen LogP contribution in [0.15, 0.2) is 40.9 Å². The van der Waals surface area contributed by atoms with Crippen LogP contribution in [0.1, 0.15) is 0 Å². The van der Waals surface area contributed by atoms with Crippen LogP contribution in [-0.2, 0) is 0 Å². The Balaban J connectivity index is 2.01. The maximum absolute atomic E-state index is 13.2. The second-order valence-corrected chi connectivity index (χ2v) is 5.41. The van der Waals surface area contributed by atoms with Crippen LogP contribution >= 0.6 is 22.6 Å². The molecule has 0 aliphatic carbocycles. The molecule has 2 aromatic carbocycles. The maximum Gasteiger partial charge on any atom is 0.258 e. The van der Waals surface area contributed by atoms with Gasteiger partial charge in [-0.3, -0.25) is 0 Å². The van der Waals surface area contributed by atoms with Gasteiger partial charge >= 0.3 is 0 Å². The highest BCUT2D eigenvalue weighted by atomic mass is 127. The lowest BCUT2D eigenvalue weighted by Gasteiger charge is -1.98. The molecule has 3 rings (SSSR count). The second kappa shape index (κ2) is 5.40. The minimum Gasteiger partial charge on any atom is -0.507 e. The van der Waals surface area contributed by atoms with Gasteiger partial charge < -0.3 is 9.63 Å². The van der Waals surface area contributed by atoms with Gasteiger partial charge in [0.1, 0.15) is 17.4 Å². The summed E-state index contributed by atoms with van der Waals surface area (Å²) < 4.78 is 32.1. The Hall–Kier alpha value is -2.03. The zero-order chi connectivity index (χ0) is 15.0. The molecule has 106 valence electrons. The molecule has 0 amide bonds. The van der Waals surface area contributed by atoms with Crippen molar-refractivity contribution < 1.29 is 18.4 Å². The first kappa shape index (κ1) is 13.9. The first-order valence-electron chi connectivity index (χ1n) is 5.82. The molecule has 0 aliphatic rings. The third kappa shape index (κ3) is 2.87. The molecule has 4 nitrogen and oxygen atoms in total. The number of phenolic OH excluding ortho intramolecular Hbond substituents is 1. The van der Waals surface area contributed by atoms with Gasteiger partial charge in [-0.2, -0.15) is 4.98 Å². The van der Waals surface area contributed by atoms with Gasteiger partial charge in [-0.1, -0.05) is 5.16 Å². The summed E-state index contributed by atoms with van der Waals surface area (Å²) in [7, 11) is 0. The van der Waals surface area contributed by atoms with Crippen LogP contribution in [0.25, 0.3) is 22.8 Å². The van der Waals surface area contributed by atoms with E-state index >= 15 is 0 Å². The van der Waals surface area contributed by atoms with Crippen LogP contribution in [0.2, 0.25) is 0 Å². The van der Waals surface area contributed by atoms with Crippen molar-refractivity contribution in [2.45, 2.75) is 0 Å². The van der Waals surface area contributed by atoms with Crippen molar-refractivity contribution in [3.8, 4) is 28.6 Å². The van der Waals surface area contributed by atoms with Crippen molar-refractivity contribution in [3.05, 3.63) is 51.6 Å². The van der Waals surface area contributed by atoms with E-state index < -0.39 is 11.6 Å². The van der Waals surface area contributed by atoms with Crippen LogP contribution in [0.4, 0.5) is 8.78 Å². The monoisotopic (exact) mass is 400 g/mol. The first-order valence-corrected chi connectivity index (χ1v) is 6.90. The third-order valence-corrected chi connectivity index (χ3v) is 3.65. The van der Waals surface area contributed by atoms with E-state index in [1.54, 1.807) is 12.1 Å². The zero-order valence-corrected chi connectivity index (χ0v) is 12.5. The molecule has 1 heterocycles. The number of phenols is 1. The Morgan fingerprint density at radius 3 is 2.38 bits per heavy atom. The molecular weight excluding hydrogens is 393 g/mol. The Morgan fingerprint density at radius 2 is 1.71 bits per heavy atom. The molecule has 0 fully saturated rings. The highest BCUT2D eigenvalue weighted by Gasteiger charge is 2.13. The summed E-state index contributed by atoms with van der Waals surface area (Å²) in [6, 6.07) is 7.86. The molecule has 0 spiro atoms.